The summed E-state index contributed by atoms with van der Waals surface area (Å²) in [6.45, 7) is 1.86. The fourth-order valence-electron chi connectivity index (χ4n) is 4.21. The predicted molar refractivity (Wildman–Crippen MR) is 133 cm³/mol. The van der Waals surface area contributed by atoms with Gasteiger partial charge in [0, 0.05) is 34.3 Å². The number of carbonyl (C=O) groups excluding carboxylic acids is 1. The molecule has 0 radical (unpaired) electrons. The summed E-state index contributed by atoms with van der Waals surface area (Å²) >= 11 is 18.8. The number of amides is 1. The topological polar surface area (TPSA) is 59.4 Å². The van der Waals surface area contributed by atoms with Crippen LogP contribution in [0.2, 0.25) is 15.1 Å². The largest absolute Gasteiger partial charge is 0.488 e. The summed E-state index contributed by atoms with van der Waals surface area (Å²) in [5.74, 6) is 0.378. The second kappa shape index (κ2) is 10.1. The Bertz CT molecular complexity index is 1190. The molecule has 1 fully saturated rings. The Labute approximate surface area is 213 Å². The van der Waals surface area contributed by atoms with E-state index < -0.39 is 0 Å². The third-order valence-corrected chi connectivity index (χ3v) is 6.55. The number of hydrazine groups is 1. The molecule has 2 aliphatic rings. The first-order valence-corrected chi connectivity index (χ1v) is 11.7. The molecular weight excluding hydrogens is 506 g/mol. The highest BCUT2D eigenvalue weighted by Crippen LogP contribution is 2.42. The smallest absolute Gasteiger partial charge is 0.286 e. The molecule has 1 amide bonds. The summed E-state index contributed by atoms with van der Waals surface area (Å²) in [6, 6.07) is 10.6. The average Bonchev–Trinajstić information content (AvgIpc) is 2.96. The molecule has 5 rings (SSSR count). The number of hydrogen-bond acceptors (Lipinski definition) is 4. The van der Waals surface area contributed by atoms with Crippen LogP contribution < -0.4 is 10.2 Å². The second-order valence-corrected chi connectivity index (χ2v) is 9.23. The summed E-state index contributed by atoms with van der Waals surface area (Å²) in [4.78, 5) is 13.3. The van der Waals surface area contributed by atoms with Gasteiger partial charge in [-0.2, -0.15) is 5.10 Å². The first kappa shape index (κ1) is 24.2. The molecule has 0 unspecified atom stereocenters. The van der Waals surface area contributed by atoms with Gasteiger partial charge in [-0.3, -0.25) is 10.2 Å². The molecule has 0 aliphatic carbocycles. The van der Waals surface area contributed by atoms with E-state index in [1.54, 1.807) is 35.0 Å². The van der Waals surface area contributed by atoms with Crippen LogP contribution in [0, 0.1) is 0 Å². The molecule has 6 nitrogen and oxygen atoms in total. The van der Waals surface area contributed by atoms with Crippen molar-refractivity contribution in [1.82, 2.24) is 20.2 Å². The molecule has 2 aliphatic heterocycles. The zero-order chi connectivity index (χ0) is 22.2. The summed E-state index contributed by atoms with van der Waals surface area (Å²) in [5, 5.41) is 8.21. The molecule has 3 aromatic rings. The Morgan fingerprint density at radius 3 is 2.39 bits per heavy atom. The number of hydrogen-bond donors (Lipinski definition) is 1. The standard InChI is InChI=1S/C23H21Cl3N4O2.ClH/c24-14-6-8-19(18(26)11-14)30-22-16-7-5-15(25)12-20(16)32-13-17(22)21(27-30)23(31)28-29-9-3-1-2-4-10-29;/h5-8,11-12H,1-4,9-10,13H2,(H,28,31);1H. The van der Waals surface area contributed by atoms with E-state index in [1.165, 1.54) is 12.8 Å². The van der Waals surface area contributed by atoms with Crippen LogP contribution >= 0.6 is 47.2 Å². The van der Waals surface area contributed by atoms with Gasteiger partial charge in [0.2, 0.25) is 0 Å². The van der Waals surface area contributed by atoms with Crippen LogP contribution in [0.3, 0.4) is 0 Å². The third-order valence-electron chi connectivity index (χ3n) is 5.77. The molecule has 0 atom stereocenters. The predicted octanol–water partition coefficient (Wildman–Crippen LogP) is 6.33. The average molecular weight is 528 g/mol. The van der Waals surface area contributed by atoms with Crippen molar-refractivity contribution in [3.8, 4) is 22.7 Å². The number of nitrogens with zero attached hydrogens (tertiary/aromatic N) is 3. The minimum absolute atomic E-state index is 0. The fraction of sp³-hybridized carbons (Fsp3) is 0.304. The molecule has 2 aromatic carbocycles. The second-order valence-electron chi connectivity index (χ2n) is 7.95. The number of nitrogens with one attached hydrogen (secondary N) is 1. The number of ether oxygens (including phenoxy) is 1. The first-order chi connectivity index (χ1) is 15.5. The monoisotopic (exact) mass is 526 g/mol. The lowest BCUT2D eigenvalue weighted by Gasteiger charge is -2.22. The van der Waals surface area contributed by atoms with Crippen LogP contribution in [0.5, 0.6) is 5.75 Å². The minimum Gasteiger partial charge on any atom is -0.488 e. The van der Waals surface area contributed by atoms with E-state index in [4.69, 9.17) is 44.6 Å². The van der Waals surface area contributed by atoms with Crippen molar-refractivity contribution in [3.63, 3.8) is 0 Å². The van der Waals surface area contributed by atoms with E-state index in [2.05, 4.69) is 5.43 Å². The molecule has 3 heterocycles. The third kappa shape index (κ3) is 4.81. The normalized spacial score (nSPS) is 15.5. The van der Waals surface area contributed by atoms with Crippen LogP contribution in [0.1, 0.15) is 41.7 Å². The van der Waals surface area contributed by atoms with Gasteiger partial charge in [-0.25, -0.2) is 9.69 Å². The molecule has 0 spiro atoms. The Morgan fingerprint density at radius 1 is 0.970 bits per heavy atom. The lowest BCUT2D eigenvalue weighted by atomic mass is 10.0. The van der Waals surface area contributed by atoms with Gasteiger partial charge < -0.3 is 4.74 Å². The van der Waals surface area contributed by atoms with E-state index in [0.29, 0.717) is 37.8 Å². The van der Waals surface area contributed by atoms with Crippen LogP contribution in [0.15, 0.2) is 36.4 Å². The van der Waals surface area contributed by atoms with Crippen LogP contribution in [-0.4, -0.2) is 33.8 Å². The Kier molecular flexibility index (Phi) is 7.41. The van der Waals surface area contributed by atoms with Gasteiger partial charge in [-0.05, 0) is 49.2 Å². The molecule has 0 bridgehead atoms. The van der Waals surface area contributed by atoms with Gasteiger partial charge in [0.15, 0.2) is 5.69 Å². The maximum absolute atomic E-state index is 13.3. The van der Waals surface area contributed by atoms with E-state index in [-0.39, 0.29) is 24.9 Å². The SMILES string of the molecule is Cl.O=C(NN1CCCCCC1)c1nn(-c2ccc(Cl)cc2Cl)c2c1COc1cc(Cl)ccc1-2. The summed E-state index contributed by atoms with van der Waals surface area (Å²) in [5.41, 5.74) is 6.24. The lowest BCUT2D eigenvalue weighted by Crippen LogP contribution is -2.43. The van der Waals surface area contributed by atoms with Crippen molar-refractivity contribution in [2.45, 2.75) is 32.3 Å². The van der Waals surface area contributed by atoms with Gasteiger partial charge in [-0.1, -0.05) is 47.6 Å². The molecular formula is C23H22Cl4N4O2. The summed E-state index contributed by atoms with van der Waals surface area (Å²) in [6.07, 6.45) is 4.48. The van der Waals surface area contributed by atoms with Gasteiger partial charge in [0.25, 0.3) is 5.91 Å². The van der Waals surface area contributed by atoms with Crippen molar-refractivity contribution >= 4 is 53.1 Å². The van der Waals surface area contributed by atoms with Crippen molar-refractivity contribution in [3.05, 3.63) is 62.7 Å². The van der Waals surface area contributed by atoms with Gasteiger partial charge in [-0.15, -0.1) is 12.4 Å². The molecule has 174 valence electrons. The Hall–Kier alpha value is -1.96. The Balaban J connectivity index is 0.00000259. The van der Waals surface area contributed by atoms with E-state index >= 15 is 0 Å². The zero-order valence-corrected chi connectivity index (χ0v) is 20.7. The zero-order valence-electron chi connectivity index (χ0n) is 17.6. The van der Waals surface area contributed by atoms with E-state index in [0.717, 1.165) is 37.2 Å². The van der Waals surface area contributed by atoms with Crippen LogP contribution in [0.25, 0.3) is 16.9 Å². The number of rotatable bonds is 3. The number of aromatic nitrogens is 2. The maximum atomic E-state index is 13.3. The van der Waals surface area contributed by atoms with Crippen molar-refractivity contribution in [2.75, 3.05) is 13.1 Å². The number of carbonyl (C=O) groups is 1. The molecule has 1 N–H and O–H groups in total. The van der Waals surface area contributed by atoms with Crippen molar-refractivity contribution < 1.29 is 9.53 Å². The van der Waals surface area contributed by atoms with E-state index in [9.17, 15) is 4.79 Å². The number of halogens is 4. The van der Waals surface area contributed by atoms with Crippen LogP contribution in [-0.2, 0) is 6.61 Å². The van der Waals surface area contributed by atoms with Gasteiger partial charge >= 0.3 is 0 Å². The number of benzene rings is 2. The molecule has 1 aromatic heterocycles. The van der Waals surface area contributed by atoms with Crippen LogP contribution in [0.4, 0.5) is 0 Å². The van der Waals surface area contributed by atoms with Gasteiger partial charge in [0.1, 0.15) is 12.4 Å². The quantitative estimate of drug-likeness (QED) is 0.432. The minimum atomic E-state index is -0.256. The van der Waals surface area contributed by atoms with E-state index in [1.807, 2.05) is 11.1 Å². The summed E-state index contributed by atoms with van der Waals surface area (Å²) < 4.78 is 7.64. The highest BCUT2D eigenvalue weighted by atomic mass is 35.5. The maximum Gasteiger partial charge on any atom is 0.286 e. The van der Waals surface area contributed by atoms with Crippen molar-refractivity contribution in [2.24, 2.45) is 0 Å². The highest BCUT2D eigenvalue weighted by molar-refractivity contribution is 6.35. The van der Waals surface area contributed by atoms with Gasteiger partial charge in [0.05, 0.1) is 16.4 Å². The molecule has 1 saturated heterocycles. The molecule has 0 saturated carbocycles. The summed E-state index contributed by atoms with van der Waals surface area (Å²) in [7, 11) is 0. The first-order valence-electron chi connectivity index (χ1n) is 10.6. The molecule has 10 heteroatoms. The fourth-order valence-corrected chi connectivity index (χ4v) is 4.86. The van der Waals surface area contributed by atoms with Crippen molar-refractivity contribution in [1.29, 1.82) is 0 Å². The number of fused-ring (bicyclic) bond motifs is 3. The molecule has 33 heavy (non-hydrogen) atoms. The lowest BCUT2D eigenvalue weighted by molar-refractivity contribution is 0.0786. The Morgan fingerprint density at radius 2 is 1.67 bits per heavy atom. The highest BCUT2D eigenvalue weighted by Gasteiger charge is 2.31.